The number of nitrogens with one attached hydrogen (secondary N) is 1. The van der Waals surface area contributed by atoms with Gasteiger partial charge < -0.3 is 14.6 Å². The van der Waals surface area contributed by atoms with E-state index in [1.54, 1.807) is 35.9 Å². The molecule has 1 aromatic carbocycles. The Balaban J connectivity index is 1.65. The van der Waals surface area contributed by atoms with Crippen LogP contribution < -0.4 is 10.1 Å². The van der Waals surface area contributed by atoms with Crippen molar-refractivity contribution < 1.29 is 17.9 Å². The fourth-order valence-electron chi connectivity index (χ4n) is 3.07. The van der Waals surface area contributed by atoms with Crippen LogP contribution in [0, 0.1) is 5.92 Å². The minimum absolute atomic E-state index is 0.0116. The zero-order valence-corrected chi connectivity index (χ0v) is 16.3. The lowest BCUT2D eigenvalue weighted by Gasteiger charge is -2.30. The van der Waals surface area contributed by atoms with E-state index in [4.69, 9.17) is 4.74 Å². The van der Waals surface area contributed by atoms with Gasteiger partial charge in [-0.15, -0.1) is 0 Å². The van der Waals surface area contributed by atoms with Crippen molar-refractivity contribution in [2.75, 3.05) is 25.0 Å². The number of hydrogen-bond donors (Lipinski definition) is 1. The Labute approximate surface area is 159 Å². The Morgan fingerprint density at radius 2 is 2.07 bits per heavy atom. The first kappa shape index (κ1) is 19.4. The van der Waals surface area contributed by atoms with Crippen LogP contribution in [0.15, 0.2) is 41.8 Å². The number of amides is 1. The molecule has 146 valence electrons. The van der Waals surface area contributed by atoms with Gasteiger partial charge in [-0.25, -0.2) is 13.4 Å². The van der Waals surface area contributed by atoms with Crippen LogP contribution in [0.5, 0.6) is 5.75 Å². The van der Waals surface area contributed by atoms with Crippen LogP contribution in [0.25, 0.3) is 0 Å². The number of nitrogens with zero attached hydrogens (tertiary/aromatic N) is 3. The van der Waals surface area contributed by atoms with Crippen molar-refractivity contribution in [1.82, 2.24) is 13.9 Å². The molecule has 0 spiro atoms. The number of aromatic nitrogens is 2. The molecular weight excluding hydrogens is 368 g/mol. The molecule has 0 bridgehead atoms. The molecular formula is C18H24N4O4S. The van der Waals surface area contributed by atoms with Crippen molar-refractivity contribution in [3.8, 4) is 5.75 Å². The van der Waals surface area contributed by atoms with Gasteiger partial charge in [0, 0.05) is 32.0 Å². The van der Waals surface area contributed by atoms with E-state index in [1.807, 2.05) is 6.92 Å². The quantitative estimate of drug-likeness (QED) is 0.810. The number of carbonyl (C=O) groups excluding carboxylic acids is 1. The maximum atomic E-state index is 12.7. The standard InChI is InChI=1S/C18H24N4O4S/c1-3-26-16-8-6-15(7-9-16)20-18(23)14-5-4-10-22(11-14)27(24,25)17-12-21(2)13-19-17/h6-9,12-14H,3-5,10-11H2,1-2H3,(H,20,23). The number of hydrogen-bond acceptors (Lipinski definition) is 5. The van der Waals surface area contributed by atoms with Crippen molar-refractivity contribution >= 4 is 21.6 Å². The molecule has 1 N–H and O–H groups in total. The number of ether oxygens (including phenoxy) is 1. The van der Waals surface area contributed by atoms with Crippen LogP contribution in [-0.4, -0.2) is 47.9 Å². The second-order valence-corrected chi connectivity index (χ2v) is 8.41. The normalized spacial score (nSPS) is 18.2. The topological polar surface area (TPSA) is 93.5 Å². The predicted molar refractivity (Wildman–Crippen MR) is 101 cm³/mol. The zero-order chi connectivity index (χ0) is 19.4. The smallest absolute Gasteiger partial charge is 0.262 e. The average Bonchev–Trinajstić information content (AvgIpc) is 3.11. The summed E-state index contributed by atoms with van der Waals surface area (Å²) in [4.78, 5) is 16.6. The van der Waals surface area contributed by atoms with E-state index in [9.17, 15) is 13.2 Å². The number of sulfonamides is 1. The summed E-state index contributed by atoms with van der Waals surface area (Å²) in [5, 5.41) is 2.87. The SMILES string of the molecule is CCOc1ccc(NC(=O)C2CCCN(S(=O)(=O)c3cn(C)cn3)C2)cc1. The van der Waals surface area contributed by atoms with E-state index in [-0.39, 0.29) is 17.5 Å². The van der Waals surface area contributed by atoms with E-state index in [0.717, 1.165) is 5.75 Å². The molecule has 1 atom stereocenters. The number of aryl methyl sites for hydroxylation is 1. The van der Waals surface area contributed by atoms with Gasteiger partial charge in [-0.1, -0.05) is 0 Å². The molecule has 0 saturated carbocycles. The molecule has 0 radical (unpaired) electrons. The molecule has 1 amide bonds. The largest absolute Gasteiger partial charge is 0.494 e. The Morgan fingerprint density at radius 1 is 1.33 bits per heavy atom. The van der Waals surface area contributed by atoms with Crippen molar-refractivity contribution in [3.63, 3.8) is 0 Å². The summed E-state index contributed by atoms with van der Waals surface area (Å²) in [5.41, 5.74) is 0.660. The zero-order valence-electron chi connectivity index (χ0n) is 15.5. The third kappa shape index (κ3) is 4.48. The molecule has 27 heavy (non-hydrogen) atoms. The van der Waals surface area contributed by atoms with E-state index in [1.165, 1.54) is 16.8 Å². The first-order valence-corrected chi connectivity index (χ1v) is 10.4. The monoisotopic (exact) mass is 392 g/mol. The third-order valence-electron chi connectivity index (χ3n) is 4.47. The molecule has 8 nitrogen and oxygen atoms in total. The summed E-state index contributed by atoms with van der Waals surface area (Å²) in [7, 11) is -1.97. The highest BCUT2D eigenvalue weighted by Gasteiger charge is 2.34. The van der Waals surface area contributed by atoms with Gasteiger partial charge in [0.15, 0.2) is 5.03 Å². The number of carbonyl (C=O) groups is 1. The second kappa shape index (κ2) is 8.10. The number of piperidine rings is 1. The first-order valence-electron chi connectivity index (χ1n) is 8.92. The Kier molecular flexibility index (Phi) is 5.81. The van der Waals surface area contributed by atoms with Gasteiger partial charge in [0.2, 0.25) is 5.91 Å². The van der Waals surface area contributed by atoms with Crippen LogP contribution in [0.4, 0.5) is 5.69 Å². The highest BCUT2D eigenvalue weighted by atomic mass is 32.2. The average molecular weight is 392 g/mol. The molecule has 2 aromatic rings. The molecule has 3 rings (SSSR count). The van der Waals surface area contributed by atoms with Gasteiger partial charge in [0.25, 0.3) is 10.0 Å². The van der Waals surface area contributed by atoms with Crippen LogP contribution in [0.2, 0.25) is 0 Å². The van der Waals surface area contributed by atoms with Crippen molar-refractivity contribution in [3.05, 3.63) is 36.8 Å². The lowest BCUT2D eigenvalue weighted by atomic mass is 9.99. The Bertz CT molecular complexity index is 892. The molecule has 2 heterocycles. The predicted octanol–water partition coefficient (Wildman–Crippen LogP) is 1.86. The number of anilines is 1. The highest BCUT2D eigenvalue weighted by Crippen LogP contribution is 2.24. The van der Waals surface area contributed by atoms with Gasteiger partial charge in [0.05, 0.1) is 18.9 Å². The van der Waals surface area contributed by atoms with Crippen LogP contribution in [0.1, 0.15) is 19.8 Å². The van der Waals surface area contributed by atoms with Crippen molar-refractivity contribution in [2.45, 2.75) is 24.8 Å². The molecule has 1 unspecified atom stereocenters. The highest BCUT2D eigenvalue weighted by molar-refractivity contribution is 7.89. The fraction of sp³-hybridized carbons (Fsp3) is 0.444. The summed E-state index contributed by atoms with van der Waals surface area (Å²) in [6, 6.07) is 7.12. The summed E-state index contributed by atoms with van der Waals surface area (Å²) in [5.74, 6) is 0.157. The van der Waals surface area contributed by atoms with Crippen LogP contribution in [-0.2, 0) is 21.9 Å². The molecule has 1 aliphatic heterocycles. The summed E-state index contributed by atoms with van der Waals surface area (Å²) in [6.07, 6.45) is 4.20. The number of imidazole rings is 1. The molecule has 1 aliphatic rings. The fourth-order valence-corrected chi connectivity index (χ4v) is 4.56. The Morgan fingerprint density at radius 3 is 2.70 bits per heavy atom. The maximum absolute atomic E-state index is 12.7. The molecule has 1 fully saturated rings. The number of benzene rings is 1. The molecule has 9 heteroatoms. The summed E-state index contributed by atoms with van der Waals surface area (Å²) < 4.78 is 33.8. The van der Waals surface area contributed by atoms with E-state index >= 15 is 0 Å². The minimum atomic E-state index is -3.69. The summed E-state index contributed by atoms with van der Waals surface area (Å²) in [6.45, 7) is 3.03. The van der Waals surface area contributed by atoms with Gasteiger partial charge in [-0.05, 0) is 44.0 Å². The summed E-state index contributed by atoms with van der Waals surface area (Å²) >= 11 is 0. The van der Waals surface area contributed by atoms with Crippen LogP contribution in [0.3, 0.4) is 0 Å². The minimum Gasteiger partial charge on any atom is -0.494 e. The van der Waals surface area contributed by atoms with Gasteiger partial charge in [-0.2, -0.15) is 4.31 Å². The Hall–Kier alpha value is -2.39. The lowest BCUT2D eigenvalue weighted by Crippen LogP contribution is -2.43. The third-order valence-corrected chi connectivity index (χ3v) is 6.22. The molecule has 0 aliphatic carbocycles. The van der Waals surface area contributed by atoms with Crippen molar-refractivity contribution in [2.24, 2.45) is 13.0 Å². The van der Waals surface area contributed by atoms with Gasteiger partial charge in [0.1, 0.15) is 5.75 Å². The maximum Gasteiger partial charge on any atom is 0.262 e. The molecule has 1 aromatic heterocycles. The van der Waals surface area contributed by atoms with E-state index < -0.39 is 15.9 Å². The van der Waals surface area contributed by atoms with Gasteiger partial charge in [-0.3, -0.25) is 4.79 Å². The first-order chi connectivity index (χ1) is 12.9. The second-order valence-electron chi connectivity index (χ2n) is 6.53. The molecule has 1 saturated heterocycles. The lowest BCUT2D eigenvalue weighted by molar-refractivity contribution is -0.120. The van der Waals surface area contributed by atoms with E-state index in [2.05, 4.69) is 10.3 Å². The number of rotatable bonds is 6. The van der Waals surface area contributed by atoms with Crippen molar-refractivity contribution in [1.29, 1.82) is 0 Å². The van der Waals surface area contributed by atoms with Gasteiger partial charge >= 0.3 is 0 Å². The van der Waals surface area contributed by atoms with Crippen LogP contribution >= 0.6 is 0 Å². The van der Waals surface area contributed by atoms with E-state index in [0.29, 0.717) is 31.7 Å².